The van der Waals surface area contributed by atoms with Crippen molar-refractivity contribution in [2.24, 2.45) is 0 Å². The number of amides is 1. The molecule has 0 radical (unpaired) electrons. The Morgan fingerprint density at radius 2 is 1.88 bits per heavy atom. The van der Waals surface area contributed by atoms with Crippen LogP contribution in [0.3, 0.4) is 0 Å². The van der Waals surface area contributed by atoms with Crippen molar-refractivity contribution in [2.75, 3.05) is 19.6 Å². The number of hydrogen-bond donors (Lipinski definition) is 1. The molecule has 1 N–H and O–H groups in total. The minimum Gasteiger partial charge on any atom is -0.338 e. The van der Waals surface area contributed by atoms with E-state index < -0.39 is 0 Å². The molecule has 0 unspecified atom stereocenters. The summed E-state index contributed by atoms with van der Waals surface area (Å²) in [5, 5.41) is 4.01. The van der Waals surface area contributed by atoms with Gasteiger partial charge in [-0.15, -0.1) is 0 Å². The molecule has 4 heteroatoms. The average Bonchev–Trinajstić information content (AvgIpc) is 2.67. The van der Waals surface area contributed by atoms with Crippen LogP contribution in [-0.2, 0) is 4.79 Å². The second-order valence-corrected chi connectivity index (χ2v) is 6.72. The van der Waals surface area contributed by atoms with Crippen molar-refractivity contribution < 1.29 is 4.79 Å². The predicted molar refractivity (Wildman–Crippen MR) is 103 cm³/mol. The first kappa shape index (κ1) is 17.7. The zero-order valence-corrected chi connectivity index (χ0v) is 15.2. The molecule has 1 aliphatic heterocycles. The van der Waals surface area contributed by atoms with Gasteiger partial charge in [-0.25, -0.2) is 0 Å². The first-order chi connectivity index (χ1) is 12.1. The van der Waals surface area contributed by atoms with Crippen LogP contribution in [0.1, 0.15) is 30.5 Å². The maximum absolute atomic E-state index is 12.5. The fourth-order valence-electron chi connectivity index (χ4n) is 3.10. The van der Waals surface area contributed by atoms with E-state index in [-0.39, 0.29) is 11.9 Å². The van der Waals surface area contributed by atoms with Gasteiger partial charge in [0.05, 0.1) is 6.54 Å². The summed E-state index contributed by atoms with van der Waals surface area (Å²) in [6.07, 6.45) is 3.06. The van der Waals surface area contributed by atoms with Gasteiger partial charge in [0.1, 0.15) is 0 Å². The van der Waals surface area contributed by atoms with E-state index in [0.717, 1.165) is 23.6 Å². The minimum atomic E-state index is 0.0397. The molecule has 1 heterocycles. The maximum atomic E-state index is 12.5. The van der Waals surface area contributed by atoms with E-state index in [0.29, 0.717) is 13.1 Å². The molecule has 25 heavy (non-hydrogen) atoms. The summed E-state index contributed by atoms with van der Waals surface area (Å²) in [6.45, 7) is 3.78. The molecule has 1 aliphatic rings. The molecule has 0 aromatic heterocycles. The zero-order chi connectivity index (χ0) is 17.6. The summed E-state index contributed by atoms with van der Waals surface area (Å²) < 4.78 is 0. The number of nitrogens with zero attached hydrogens (tertiary/aromatic N) is 1. The number of carbonyl (C=O) groups is 1. The first-order valence-electron chi connectivity index (χ1n) is 8.65. The minimum absolute atomic E-state index is 0.0397. The maximum Gasteiger partial charge on any atom is 0.236 e. The standard InChI is InChI=1S/C21H23ClN2O/c1-16(19-9-5-6-10-20(19)22)23-15-21(25)24-13-11-18(12-14-24)17-7-3-2-4-8-17/h2-11,16,23H,12-15H2,1H3/t16-/m1/s1. The van der Waals surface area contributed by atoms with E-state index in [2.05, 4.69) is 23.5 Å². The van der Waals surface area contributed by atoms with Gasteiger partial charge in [0.15, 0.2) is 0 Å². The van der Waals surface area contributed by atoms with Crippen LogP contribution >= 0.6 is 11.6 Å². The predicted octanol–water partition coefficient (Wildman–Crippen LogP) is 4.31. The van der Waals surface area contributed by atoms with Crippen molar-refractivity contribution in [2.45, 2.75) is 19.4 Å². The fraction of sp³-hybridized carbons (Fsp3) is 0.286. The van der Waals surface area contributed by atoms with Crippen molar-refractivity contribution in [3.63, 3.8) is 0 Å². The van der Waals surface area contributed by atoms with E-state index in [1.54, 1.807) is 0 Å². The van der Waals surface area contributed by atoms with E-state index in [1.807, 2.05) is 54.3 Å². The molecule has 0 bridgehead atoms. The lowest BCUT2D eigenvalue weighted by Crippen LogP contribution is -2.41. The normalized spacial score (nSPS) is 15.6. The lowest BCUT2D eigenvalue weighted by Gasteiger charge is -2.27. The topological polar surface area (TPSA) is 32.3 Å². The van der Waals surface area contributed by atoms with Gasteiger partial charge in [0, 0.05) is 24.2 Å². The number of nitrogens with one attached hydrogen (secondary N) is 1. The Kier molecular flexibility index (Phi) is 5.90. The Hall–Kier alpha value is -2.10. The highest BCUT2D eigenvalue weighted by Crippen LogP contribution is 2.23. The number of hydrogen-bond acceptors (Lipinski definition) is 2. The molecular weight excluding hydrogens is 332 g/mol. The Labute approximate surface area is 154 Å². The van der Waals surface area contributed by atoms with Crippen molar-refractivity contribution in [3.05, 3.63) is 76.8 Å². The summed E-state index contributed by atoms with van der Waals surface area (Å²) in [4.78, 5) is 14.4. The van der Waals surface area contributed by atoms with Crippen LogP contribution in [0, 0.1) is 0 Å². The van der Waals surface area contributed by atoms with Crippen molar-refractivity contribution in [1.29, 1.82) is 0 Å². The first-order valence-corrected chi connectivity index (χ1v) is 9.03. The van der Waals surface area contributed by atoms with E-state index in [4.69, 9.17) is 11.6 Å². The van der Waals surface area contributed by atoms with Gasteiger partial charge in [-0.2, -0.15) is 0 Å². The number of carbonyl (C=O) groups excluding carboxylic acids is 1. The third kappa shape index (κ3) is 4.50. The van der Waals surface area contributed by atoms with Crippen LogP contribution < -0.4 is 5.32 Å². The number of halogens is 1. The summed E-state index contributed by atoms with van der Waals surface area (Å²) in [5.74, 6) is 0.127. The van der Waals surface area contributed by atoms with Gasteiger partial charge < -0.3 is 10.2 Å². The molecule has 0 spiro atoms. The van der Waals surface area contributed by atoms with Gasteiger partial charge in [-0.05, 0) is 36.1 Å². The molecule has 0 fully saturated rings. The van der Waals surface area contributed by atoms with Crippen molar-refractivity contribution in [1.82, 2.24) is 10.2 Å². The molecule has 3 rings (SSSR count). The molecule has 2 aromatic carbocycles. The Balaban J connectivity index is 1.53. The van der Waals surface area contributed by atoms with Crippen LogP contribution in [0.25, 0.3) is 5.57 Å². The Bertz CT molecular complexity index is 758. The van der Waals surface area contributed by atoms with E-state index >= 15 is 0 Å². The molecule has 0 saturated heterocycles. The summed E-state index contributed by atoms with van der Waals surface area (Å²) in [7, 11) is 0. The molecule has 0 aliphatic carbocycles. The van der Waals surface area contributed by atoms with Gasteiger partial charge in [0.25, 0.3) is 0 Å². The zero-order valence-electron chi connectivity index (χ0n) is 14.4. The van der Waals surface area contributed by atoms with Gasteiger partial charge >= 0.3 is 0 Å². The second kappa shape index (κ2) is 8.32. The van der Waals surface area contributed by atoms with Crippen LogP contribution in [0.15, 0.2) is 60.7 Å². The lowest BCUT2D eigenvalue weighted by molar-refractivity contribution is -0.129. The van der Waals surface area contributed by atoms with E-state index in [1.165, 1.54) is 11.1 Å². The van der Waals surface area contributed by atoms with Crippen molar-refractivity contribution >= 4 is 23.1 Å². The van der Waals surface area contributed by atoms with E-state index in [9.17, 15) is 4.79 Å². The van der Waals surface area contributed by atoms with Crippen LogP contribution in [-0.4, -0.2) is 30.4 Å². The van der Waals surface area contributed by atoms with Gasteiger partial charge in [-0.3, -0.25) is 4.79 Å². The number of rotatable bonds is 5. The van der Waals surface area contributed by atoms with Crippen LogP contribution in [0.4, 0.5) is 0 Å². The molecule has 1 amide bonds. The van der Waals surface area contributed by atoms with Gasteiger partial charge in [0.2, 0.25) is 5.91 Å². The van der Waals surface area contributed by atoms with Crippen LogP contribution in [0.2, 0.25) is 5.02 Å². The third-order valence-corrected chi connectivity index (χ3v) is 4.98. The monoisotopic (exact) mass is 354 g/mol. The second-order valence-electron chi connectivity index (χ2n) is 6.31. The fourth-order valence-corrected chi connectivity index (χ4v) is 3.40. The quantitative estimate of drug-likeness (QED) is 0.867. The summed E-state index contributed by atoms with van der Waals surface area (Å²) in [5.41, 5.74) is 3.59. The molecule has 0 saturated carbocycles. The highest BCUT2D eigenvalue weighted by atomic mass is 35.5. The SMILES string of the molecule is C[C@@H](NCC(=O)N1CC=C(c2ccccc2)CC1)c1ccccc1Cl. The molecular formula is C21H23ClN2O. The molecule has 1 atom stereocenters. The lowest BCUT2D eigenvalue weighted by atomic mass is 9.99. The smallest absolute Gasteiger partial charge is 0.236 e. The van der Waals surface area contributed by atoms with Crippen LogP contribution in [0.5, 0.6) is 0 Å². The highest BCUT2D eigenvalue weighted by molar-refractivity contribution is 6.31. The summed E-state index contributed by atoms with van der Waals surface area (Å²) >= 11 is 6.21. The number of benzene rings is 2. The summed E-state index contributed by atoms with van der Waals surface area (Å²) in [6, 6.07) is 18.1. The molecule has 130 valence electrons. The Morgan fingerprint density at radius 3 is 2.56 bits per heavy atom. The highest BCUT2D eigenvalue weighted by Gasteiger charge is 2.18. The van der Waals surface area contributed by atoms with Gasteiger partial charge in [-0.1, -0.05) is 66.2 Å². The largest absolute Gasteiger partial charge is 0.338 e. The molecule has 3 nitrogen and oxygen atoms in total. The van der Waals surface area contributed by atoms with Crippen molar-refractivity contribution in [3.8, 4) is 0 Å². The third-order valence-electron chi connectivity index (χ3n) is 4.64. The Morgan fingerprint density at radius 1 is 1.16 bits per heavy atom. The molecule has 2 aromatic rings. The average molecular weight is 355 g/mol.